The number of unbranched alkanes of at least 4 members (excludes halogenated alkanes) is 3. The number of nitrogens with two attached hydrogens (primary N) is 1. The molecule has 2 aromatic heterocycles. The van der Waals surface area contributed by atoms with Crippen LogP contribution in [0, 0.1) is 0 Å². The molecule has 26 heavy (non-hydrogen) atoms. The van der Waals surface area contributed by atoms with Crippen molar-refractivity contribution < 1.29 is 53.1 Å². The van der Waals surface area contributed by atoms with Gasteiger partial charge in [0, 0.05) is 42.7 Å². The van der Waals surface area contributed by atoms with E-state index in [1.54, 1.807) is 12.1 Å². The number of nitrogens with zero attached hydrogens (tertiary/aromatic N) is 3. The summed E-state index contributed by atoms with van der Waals surface area (Å²) in [5, 5.41) is 11.5. The molecule has 0 atom stereocenters. The summed E-state index contributed by atoms with van der Waals surface area (Å²) in [7, 11) is 0. The van der Waals surface area contributed by atoms with Crippen LogP contribution in [0.5, 0.6) is 0 Å². The van der Waals surface area contributed by atoms with E-state index in [1.807, 2.05) is 36.9 Å². The first-order valence-corrected chi connectivity index (χ1v) is 8.14. The van der Waals surface area contributed by atoms with Crippen LogP contribution in [0.3, 0.4) is 0 Å². The van der Waals surface area contributed by atoms with Crippen molar-refractivity contribution in [2.24, 2.45) is 10.9 Å². The largest absolute Gasteiger partial charge is 1.00 e. The molecule has 0 radical (unpaired) electrons. The van der Waals surface area contributed by atoms with Gasteiger partial charge in [0.05, 0.1) is 11.8 Å². The van der Waals surface area contributed by atoms with Crippen molar-refractivity contribution >= 4 is 12.1 Å². The average Bonchev–Trinajstić information content (AvgIpc) is 2.60. The number of rotatable bonds is 9. The van der Waals surface area contributed by atoms with Gasteiger partial charge in [-0.25, -0.2) is 9.13 Å². The van der Waals surface area contributed by atoms with Crippen molar-refractivity contribution in [1.82, 2.24) is 0 Å². The molecule has 2 aromatic rings. The van der Waals surface area contributed by atoms with Crippen LogP contribution in [0.4, 0.5) is 0 Å². The summed E-state index contributed by atoms with van der Waals surface area (Å²) in [4.78, 5) is 11.0. The van der Waals surface area contributed by atoms with Crippen LogP contribution in [0.25, 0.3) is 0 Å². The van der Waals surface area contributed by atoms with Crippen LogP contribution in [-0.2, 0) is 13.1 Å². The summed E-state index contributed by atoms with van der Waals surface area (Å²) in [6.07, 6.45) is 13.8. The first-order valence-electron chi connectivity index (χ1n) is 8.14. The van der Waals surface area contributed by atoms with E-state index in [9.17, 15) is 4.79 Å². The molecule has 0 aliphatic carbocycles. The standard InChI is InChI=1S/C18H22N4O2.2BrH/c19-18(23)17-7-13-22(14-8-17)10-4-2-1-3-9-21-11-5-16(6-12-21)15-20-24;;/h5-8,11-15H,1-4,9-10H2,(H-,19,23);2*1H. The number of pyridine rings is 2. The number of amides is 1. The van der Waals surface area contributed by atoms with E-state index in [-0.39, 0.29) is 34.0 Å². The zero-order valence-electron chi connectivity index (χ0n) is 14.5. The maximum Gasteiger partial charge on any atom is 0.249 e. The minimum absolute atomic E-state index is 0. The van der Waals surface area contributed by atoms with Crippen molar-refractivity contribution in [3.8, 4) is 0 Å². The molecule has 0 unspecified atom stereocenters. The molecule has 0 saturated carbocycles. The molecule has 0 aliphatic heterocycles. The molecule has 6 nitrogen and oxygen atoms in total. The molecule has 8 heteroatoms. The molecule has 0 saturated heterocycles. The van der Waals surface area contributed by atoms with Crippen LogP contribution in [-0.4, -0.2) is 17.3 Å². The number of halogens is 2. The minimum atomic E-state index is -0.392. The lowest BCUT2D eigenvalue weighted by Crippen LogP contribution is -3.00. The van der Waals surface area contributed by atoms with Gasteiger partial charge in [0.2, 0.25) is 5.91 Å². The van der Waals surface area contributed by atoms with Crippen LogP contribution >= 0.6 is 0 Å². The van der Waals surface area contributed by atoms with E-state index in [2.05, 4.69) is 14.3 Å². The third-order valence-electron chi connectivity index (χ3n) is 3.88. The third-order valence-corrected chi connectivity index (χ3v) is 3.88. The molecule has 2 rings (SSSR count). The second kappa shape index (κ2) is 13.4. The fraction of sp³-hybridized carbons (Fsp3) is 0.333. The monoisotopic (exact) mass is 486 g/mol. The highest BCUT2D eigenvalue weighted by molar-refractivity contribution is 5.92. The highest BCUT2D eigenvalue weighted by Crippen LogP contribution is 2.01. The van der Waals surface area contributed by atoms with Gasteiger partial charge in [0.15, 0.2) is 24.8 Å². The molecule has 0 aromatic carbocycles. The Balaban J connectivity index is 0.00000312. The minimum Gasteiger partial charge on any atom is -1.00 e. The Morgan fingerprint density at radius 2 is 1.38 bits per heavy atom. The first-order chi connectivity index (χ1) is 11.7. The molecular formula is C18H24Br2N4O2. The smallest absolute Gasteiger partial charge is 0.249 e. The summed E-state index contributed by atoms with van der Waals surface area (Å²) in [5.41, 5.74) is 6.65. The SMILES string of the molecule is NC(=O)c1cc[n+](CCCCCC[n+]2ccc(/C=N/O)cc2)cc1.[Br-].[Br-]. The number of hydrogen-bond acceptors (Lipinski definition) is 3. The number of hydrogen-bond donors (Lipinski definition) is 2. The second-order valence-electron chi connectivity index (χ2n) is 5.72. The lowest BCUT2D eigenvalue weighted by molar-refractivity contribution is -0.698. The quantitative estimate of drug-likeness (QED) is 0.123. The number of aromatic nitrogens is 2. The lowest BCUT2D eigenvalue weighted by Gasteiger charge is -2.00. The highest BCUT2D eigenvalue weighted by Gasteiger charge is 2.05. The van der Waals surface area contributed by atoms with Gasteiger partial charge in [-0.1, -0.05) is 5.16 Å². The Bertz CT molecular complexity index is 677. The molecule has 0 fully saturated rings. The van der Waals surface area contributed by atoms with Crippen molar-refractivity contribution in [2.75, 3.05) is 0 Å². The summed E-state index contributed by atoms with van der Waals surface area (Å²) >= 11 is 0. The Labute approximate surface area is 174 Å². The van der Waals surface area contributed by atoms with E-state index in [0.29, 0.717) is 5.56 Å². The number of aryl methyl sites for hydroxylation is 2. The van der Waals surface area contributed by atoms with Crippen molar-refractivity contribution in [2.45, 2.75) is 38.8 Å². The Kier molecular flexibility index (Phi) is 12.5. The van der Waals surface area contributed by atoms with E-state index in [0.717, 1.165) is 31.5 Å². The lowest BCUT2D eigenvalue weighted by atomic mass is 10.2. The van der Waals surface area contributed by atoms with Crippen LogP contribution in [0.2, 0.25) is 0 Å². The fourth-order valence-electron chi connectivity index (χ4n) is 2.48. The van der Waals surface area contributed by atoms with Crippen LogP contribution in [0.15, 0.2) is 54.2 Å². The van der Waals surface area contributed by atoms with E-state index < -0.39 is 5.91 Å². The maximum atomic E-state index is 11.0. The molecule has 0 bridgehead atoms. The van der Waals surface area contributed by atoms with Gasteiger partial charge in [0.25, 0.3) is 0 Å². The van der Waals surface area contributed by atoms with Gasteiger partial charge in [-0.15, -0.1) is 0 Å². The molecule has 0 spiro atoms. The average molecular weight is 488 g/mol. The number of oxime groups is 1. The number of carbonyl (C=O) groups excluding carboxylic acids is 1. The van der Waals surface area contributed by atoms with Crippen LogP contribution in [0.1, 0.15) is 41.6 Å². The van der Waals surface area contributed by atoms with E-state index in [1.165, 1.54) is 19.1 Å². The predicted octanol–water partition coefficient (Wildman–Crippen LogP) is -4.56. The van der Waals surface area contributed by atoms with E-state index in [4.69, 9.17) is 10.9 Å². The number of primary amides is 1. The highest BCUT2D eigenvalue weighted by atomic mass is 79.9. The Hall–Kier alpha value is -1.80. The van der Waals surface area contributed by atoms with Gasteiger partial charge in [-0.05, 0) is 12.8 Å². The molecule has 3 N–H and O–H groups in total. The van der Waals surface area contributed by atoms with Gasteiger partial charge >= 0.3 is 0 Å². The van der Waals surface area contributed by atoms with Crippen LogP contribution < -0.4 is 48.8 Å². The molecule has 0 aliphatic rings. The van der Waals surface area contributed by atoms with Gasteiger partial charge in [-0.2, -0.15) is 0 Å². The maximum absolute atomic E-state index is 11.0. The predicted molar refractivity (Wildman–Crippen MR) is 89.6 cm³/mol. The Morgan fingerprint density at radius 3 is 1.81 bits per heavy atom. The summed E-state index contributed by atoms with van der Waals surface area (Å²) in [5.74, 6) is -0.392. The molecule has 142 valence electrons. The van der Waals surface area contributed by atoms with Gasteiger partial charge in [-0.3, -0.25) is 4.79 Å². The molecular weight excluding hydrogens is 464 g/mol. The second-order valence-corrected chi connectivity index (χ2v) is 5.72. The van der Waals surface area contributed by atoms with Crippen molar-refractivity contribution in [1.29, 1.82) is 0 Å². The third kappa shape index (κ3) is 8.53. The summed E-state index contributed by atoms with van der Waals surface area (Å²) < 4.78 is 4.20. The molecule has 1 amide bonds. The topological polar surface area (TPSA) is 83.4 Å². The van der Waals surface area contributed by atoms with E-state index >= 15 is 0 Å². The summed E-state index contributed by atoms with van der Waals surface area (Å²) in [6.45, 7) is 1.93. The molecule has 2 heterocycles. The zero-order chi connectivity index (χ0) is 17.2. The van der Waals surface area contributed by atoms with Crippen molar-refractivity contribution in [3.05, 3.63) is 60.2 Å². The van der Waals surface area contributed by atoms with Crippen molar-refractivity contribution in [3.63, 3.8) is 0 Å². The normalized spacial score (nSPS) is 10.2. The van der Waals surface area contributed by atoms with Gasteiger partial charge in [0.1, 0.15) is 13.1 Å². The summed E-state index contributed by atoms with van der Waals surface area (Å²) in [6, 6.07) is 7.35. The fourth-order valence-corrected chi connectivity index (χ4v) is 2.48. The zero-order valence-corrected chi connectivity index (χ0v) is 17.6. The number of carbonyl (C=O) groups is 1. The first kappa shape index (κ1) is 24.2. The van der Waals surface area contributed by atoms with Gasteiger partial charge < -0.3 is 44.9 Å². The Morgan fingerprint density at radius 1 is 0.923 bits per heavy atom.